The molecule has 38 heavy (non-hydrogen) atoms. The van der Waals surface area contributed by atoms with Gasteiger partial charge in [0, 0.05) is 0 Å². The summed E-state index contributed by atoms with van der Waals surface area (Å²) < 4.78 is 10.4. The lowest BCUT2D eigenvalue weighted by Gasteiger charge is -2.27. The number of Topliss-reactive ketones (excluding diaryl/α,β-unsaturated/α-hetero) is 1. The summed E-state index contributed by atoms with van der Waals surface area (Å²) in [4.78, 5) is 62.5. The Kier molecular flexibility index (Phi) is 13.6. The number of hydrogen-bond acceptors (Lipinski definition) is 7. The molecule has 10 nitrogen and oxygen atoms in total. The van der Waals surface area contributed by atoms with Crippen molar-refractivity contribution in [1.29, 1.82) is 0 Å². The first kappa shape index (κ1) is 30.5. The molecular formula is C28H37N3O7. The van der Waals surface area contributed by atoms with Gasteiger partial charge in [-0.15, -0.1) is 0 Å². The fourth-order valence-electron chi connectivity index (χ4n) is 4.23. The molecule has 3 N–H and O–H groups in total. The van der Waals surface area contributed by atoms with Crippen LogP contribution in [0.2, 0.25) is 0 Å². The fraction of sp³-hybridized carbons (Fsp3) is 0.536. The average molecular weight is 528 g/mol. The molecule has 0 heterocycles. The molecule has 0 saturated heterocycles. The highest BCUT2D eigenvalue weighted by Crippen LogP contribution is 2.27. The number of hydrogen-bond donors (Lipinski definition) is 3. The van der Waals surface area contributed by atoms with E-state index >= 15 is 0 Å². The highest BCUT2D eigenvalue weighted by Gasteiger charge is 2.32. The lowest BCUT2D eigenvalue weighted by Crippen LogP contribution is -2.56. The molecule has 0 unspecified atom stereocenters. The molecule has 10 heteroatoms. The molecule has 1 aromatic rings. The number of ketones is 1. The van der Waals surface area contributed by atoms with Gasteiger partial charge in [0.2, 0.25) is 11.7 Å². The van der Waals surface area contributed by atoms with E-state index in [9.17, 15) is 24.0 Å². The van der Waals surface area contributed by atoms with Gasteiger partial charge in [0.25, 0.3) is 11.8 Å². The van der Waals surface area contributed by atoms with Gasteiger partial charge >= 0.3 is 5.97 Å². The topological polar surface area (TPSA) is 140 Å². The third-order valence-electron chi connectivity index (χ3n) is 6.11. The van der Waals surface area contributed by atoms with Gasteiger partial charge in [0.1, 0.15) is 18.6 Å². The number of nitrogens with one attached hydrogen (secondary N) is 3. The second-order valence-electron chi connectivity index (χ2n) is 9.05. The number of ether oxygens (including phenoxy) is 2. The second kappa shape index (κ2) is 16.9. The Morgan fingerprint density at radius 3 is 2.37 bits per heavy atom. The molecule has 1 saturated carbocycles. The summed E-state index contributed by atoms with van der Waals surface area (Å²) >= 11 is 0. The number of esters is 1. The minimum Gasteiger partial charge on any atom is -0.465 e. The molecule has 0 bridgehead atoms. The van der Waals surface area contributed by atoms with E-state index in [-0.39, 0.29) is 25.7 Å². The van der Waals surface area contributed by atoms with Gasteiger partial charge in [-0.05, 0) is 37.7 Å². The zero-order chi connectivity index (χ0) is 27.8. The first-order chi connectivity index (χ1) is 18.3. The number of carbonyl (C=O) groups is 5. The zero-order valence-electron chi connectivity index (χ0n) is 22.0. The highest BCUT2D eigenvalue weighted by molar-refractivity contribution is 6.38. The van der Waals surface area contributed by atoms with Crippen LogP contribution in [0.5, 0.6) is 0 Å². The SMILES string of the molecule is CC#CC(=O)N[C@@H](CC1CCCCC1)C(=O)N[C@@H](COCc1ccccc1)C(=O)C(=O)NCC(=O)OCC. The maximum atomic E-state index is 13.3. The number of benzene rings is 1. The van der Waals surface area contributed by atoms with Gasteiger partial charge in [-0.1, -0.05) is 68.4 Å². The Bertz CT molecular complexity index is 1010. The second-order valence-corrected chi connectivity index (χ2v) is 9.05. The summed E-state index contributed by atoms with van der Waals surface area (Å²) in [7, 11) is 0. The molecule has 0 aromatic heterocycles. The van der Waals surface area contributed by atoms with Crippen LogP contribution in [-0.4, -0.2) is 61.3 Å². The molecule has 206 valence electrons. The van der Waals surface area contributed by atoms with Crippen molar-refractivity contribution in [3.05, 3.63) is 35.9 Å². The van der Waals surface area contributed by atoms with Crippen LogP contribution in [0.25, 0.3) is 0 Å². The van der Waals surface area contributed by atoms with Gasteiger partial charge in [-0.25, -0.2) is 0 Å². The summed E-state index contributed by atoms with van der Waals surface area (Å²) in [6.45, 7) is 2.65. The van der Waals surface area contributed by atoms with E-state index in [1.165, 1.54) is 6.92 Å². The third kappa shape index (κ3) is 11.1. The van der Waals surface area contributed by atoms with Crippen molar-refractivity contribution < 1.29 is 33.4 Å². The van der Waals surface area contributed by atoms with Crippen LogP contribution < -0.4 is 16.0 Å². The van der Waals surface area contributed by atoms with E-state index in [1.54, 1.807) is 6.92 Å². The van der Waals surface area contributed by atoms with Crippen molar-refractivity contribution in [2.75, 3.05) is 19.8 Å². The molecule has 1 aromatic carbocycles. The number of rotatable bonds is 14. The summed E-state index contributed by atoms with van der Waals surface area (Å²) in [6.07, 6.45) is 5.52. The minimum atomic E-state index is -1.34. The molecule has 2 rings (SSSR count). The van der Waals surface area contributed by atoms with E-state index in [4.69, 9.17) is 9.47 Å². The Balaban J connectivity index is 2.13. The standard InChI is InChI=1S/C28H37N3O7/c1-3-11-24(32)30-22(16-20-12-7-5-8-13-20)27(35)31-23(19-37-18-21-14-9-6-10-15-21)26(34)28(36)29-17-25(33)38-4-2/h6,9-10,14-15,20,22-23H,4-5,7-8,12-13,16-19H2,1-2H3,(H,29,36)(H,30,32)(H,31,35)/t22-,23-/m0/s1. The average Bonchev–Trinajstić information content (AvgIpc) is 2.91. The van der Waals surface area contributed by atoms with Crippen molar-refractivity contribution in [1.82, 2.24) is 16.0 Å². The van der Waals surface area contributed by atoms with Crippen LogP contribution in [0, 0.1) is 17.8 Å². The Labute approximate surface area is 223 Å². The smallest absolute Gasteiger partial charge is 0.325 e. The normalized spacial score (nSPS) is 14.7. The predicted molar refractivity (Wildman–Crippen MR) is 139 cm³/mol. The molecule has 0 spiro atoms. The maximum absolute atomic E-state index is 13.3. The third-order valence-corrected chi connectivity index (χ3v) is 6.11. The molecule has 0 aliphatic heterocycles. The van der Waals surface area contributed by atoms with Crippen molar-refractivity contribution in [3.63, 3.8) is 0 Å². The van der Waals surface area contributed by atoms with Crippen LogP contribution in [0.15, 0.2) is 30.3 Å². The van der Waals surface area contributed by atoms with Gasteiger partial charge in [-0.3, -0.25) is 24.0 Å². The largest absolute Gasteiger partial charge is 0.465 e. The van der Waals surface area contributed by atoms with Gasteiger partial charge in [-0.2, -0.15) is 0 Å². The molecule has 1 aliphatic carbocycles. The van der Waals surface area contributed by atoms with Crippen LogP contribution in [0.3, 0.4) is 0 Å². The monoisotopic (exact) mass is 527 g/mol. The summed E-state index contributed by atoms with van der Waals surface area (Å²) in [5.74, 6) is 1.18. The lowest BCUT2D eigenvalue weighted by atomic mass is 9.84. The van der Waals surface area contributed by atoms with E-state index in [2.05, 4.69) is 27.8 Å². The first-order valence-electron chi connectivity index (χ1n) is 13.0. The Hall–Kier alpha value is -3.71. The summed E-state index contributed by atoms with van der Waals surface area (Å²) in [5.41, 5.74) is 0.845. The molecule has 2 atom stereocenters. The Morgan fingerprint density at radius 1 is 1.00 bits per heavy atom. The first-order valence-corrected chi connectivity index (χ1v) is 13.0. The summed E-state index contributed by atoms with van der Waals surface area (Å²) in [5, 5.41) is 7.43. The zero-order valence-corrected chi connectivity index (χ0v) is 22.0. The van der Waals surface area contributed by atoms with Gasteiger partial charge < -0.3 is 25.4 Å². The molecule has 1 aliphatic rings. The van der Waals surface area contributed by atoms with Crippen molar-refractivity contribution in [2.45, 2.75) is 71.1 Å². The minimum absolute atomic E-state index is 0.130. The van der Waals surface area contributed by atoms with Gasteiger partial charge in [0.05, 0.1) is 19.8 Å². The van der Waals surface area contributed by atoms with Crippen LogP contribution in [-0.2, 0) is 40.1 Å². The Morgan fingerprint density at radius 2 is 1.71 bits per heavy atom. The van der Waals surface area contributed by atoms with Crippen LogP contribution in [0.4, 0.5) is 0 Å². The van der Waals surface area contributed by atoms with Crippen molar-refractivity contribution in [3.8, 4) is 11.8 Å². The quantitative estimate of drug-likeness (QED) is 0.189. The van der Waals surface area contributed by atoms with Crippen LogP contribution in [0.1, 0.15) is 57.9 Å². The van der Waals surface area contributed by atoms with E-state index in [0.717, 1.165) is 37.7 Å². The molecule has 1 fully saturated rings. The maximum Gasteiger partial charge on any atom is 0.325 e. The van der Waals surface area contributed by atoms with Crippen molar-refractivity contribution >= 4 is 29.5 Å². The molecule has 3 amide bonds. The fourth-order valence-corrected chi connectivity index (χ4v) is 4.23. The number of amides is 3. The highest BCUT2D eigenvalue weighted by atomic mass is 16.5. The predicted octanol–water partition coefficient (Wildman–Crippen LogP) is 1.41. The van der Waals surface area contributed by atoms with E-state index < -0.39 is 48.1 Å². The van der Waals surface area contributed by atoms with Crippen LogP contribution >= 0.6 is 0 Å². The summed E-state index contributed by atoms with van der Waals surface area (Å²) in [6, 6.07) is 6.94. The molecule has 0 radical (unpaired) electrons. The molecular weight excluding hydrogens is 490 g/mol. The van der Waals surface area contributed by atoms with E-state index in [1.807, 2.05) is 30.3 Å². The van der Waals surface area contributed by atoms with Crippen molar-refractivity contribution in [2.24, 2.45) is 5.92 Å². The van der Waals surface area contributed by atoms with E-state index in [0.29, 0.717) is 6.42 Å². The number of carbonyl (C=O) groups excluding carboxylic acids is 5. The van der Waals surface area contributed by atoms with Gasteiger partial charge in [0.15, 0.2) is 0 Å². The lowest BCUT2D eigenvalue weighted by molar-refractivity contribution is -0.146.